The molecule has 3 nitrogen and oxygen atoms in total. The zero-order chi connectivity index (χ0) is 13.9. The van der Waals surface area contributed by atoms with E-state index in [0.717, 1.165) is 24.6 Å². The summed E-state index contributed by atoms with van der Waals surface area (Å²) in [5, 5.41) is 12.4. The number of nitrogens with one attached hydrogen (secondary N) is 1. The second kappa shape index (κ2) is 11.0. The van der Waals surface area contributed by atoms with Gasteiger partial charge in [-0.05, 0) is 63.9 Å². The van der Waals surface area contributed by atoms with Crippen LogP contribution in [0.1, 0.15) is 39.5 Å². The van der Waals surface area contributed by atoms with Gasteiger partial charge in [0.2, 0.25) is 0 Å². The Balaban J connectivity index is 2.02. The SMILES string of the molecule is CCCN1CCC(C(C)NCCSCCCO)CC1. The number of piperidine rings is 1. The molecule has 1 aliphatic heterocycles. The molecule has 4 heteroatoms. The second-order valence-electron chi connectivity index (χ2n) is 5.61. The van der Waals surface area contributed by atoms with Crippen molar-refractivity contribution < 1.29 is 5.11 Å². The Labute approximate surface area is 123 Å². The molecule has 0 aliphatic carbocycles. The van der Waals surface area contributed by atoms with Gasteiger partial charge in [0, 0.05) is 24.9 Å². The second-order valence-corrected chi connectivity index (χ2v) is 6.84. The van der Waals surface area contributed by atoms with E-state index in [1.165, 1.54) is 44.6 Å². The van der Waals surface area contributed by atoms with E-state index in [4.69, 9.17) is 5.11 Å². The van der Waals surface area contributed by atoms with Crippen LogP contribution < -0.4 is 5.32 Å². The monoisotopic (exact) mass is 288 g/mol. The van der Waals surface area contributed by atoms with Gasteiger partial charge in [0.05, 0.1) is 0 Å². The molecular formula is C15H32N2OS. The van der Waals surface area contributed by atoms with Crippen molar-refractivity contribution in [1.82, 2.24) is 10.2 Å². The first kappa shape index (κ1) is 17.3. The lowest BCUT2D eigenvalue weighted by molar-refractivity contribution is 0.163. The average molecular weight is 289 g/mol. The molecule has 2 N–H and O–H groups in total. The van der Waals surface area contributed by atoms with Crippen LogP contribution in [-0.2, 0) is 0 Å². The number of thioether (sulfide) groups is 1. The van der Waals surface area contributed by atoms with E-state index in [1.54, 1.807) is 0 Å². The van der Waals surface area contributed by atoms with Gasteiger partial charge in [-0.2, -0.15) is 11.8 Å². The number of rotatable bonds is 10. The van der Waals surface area contributed by atoms with Gasteiger partial charge < -0.3 is 15.3 Å². The van der Waals surface area contributed by atoms with Gasteiger partial charge in [0.1, 0.15) is 0 Å². The maximum absolute atomic E-state index is 8.71. The summed E-state index contributed by atoms with van der Waals surface area (Å²) in [5.74, 6) is 3.11. The van der Waals surface area contributed by atoms with E-state index in [0.29, 0.717) is 12.6 Å². The van der Waals surface area contributed by atoms with Gasteiger partial charge in [0.25, 0.3) is 0 Å². The normalized spacial score (nSPS) is 19.7. The lowest BCUT2D eigenvalue weighted by Gasteiger charge is -2.35. The van der Waals surface area contributed by atoms with Crippen LogP contribution in [0.3, 0.4) is 0 Å². The Kier molecular flexibility index (Phi) is 9.96. The van der Waals surface area contributed by atoms with Gasteiger partial charge >= 0.3 is 0 Å². The summed E-state index contributed by atoms with van der Waals surface area (Å²) in [4.78, 5) is 2.61. The lowest BCUT2D eigenvalue weighted by Crippen LogP contribution is -2.42. The van der Waals surface area contributed by atoms with Gasteiger partial charge in [0.15, 0.2) is 0 Å². The van der Waals surface area contributed by atoms with Crippen molar-refractivity contribution in [3.05, 3.63) is 0 Å². The number of hydrogen-bond acceptors (Lipinski definition) is 4. The molecule has 0 saturated carbocycles. The van der Waals surface area contributed by atoms with Crippen molar-refractivity contribution in [3.63, 3.8) is 0 Å². The van der Waals surface area contributed by atoms with Crippen LogP contribution in [0.15, 0.2) is 0 Å². The Morgan fingerprint density at radius 2 is 2.05 bits per heavy atom. The molecule has 19 heavy (non-hydrogen) atoms. The lowest BCUT2D eigenvalue weighted by atomic mass is 9.90. The van der Waals surface area contributed by atoms with Crippen LogP contribution in [0.4, 0.5) is 0 Å². The van der Waals surface area contributed by atoms with Crippen LogP contribution in [0.2, 0.25) is 0 Å². The fraction of sp³-hybridized carbons (Fsp3) is 1.00. The fourth-order valence-electron chi connectivity index (χ4n) is 2.79. The summed E-state index contributed by atoms with van der Waals surface area (Å²) >= 11 is 1.94. The highest BCUT2D eigenvalue weighted by Gasteiger charge is 2.22. The third-order valence-corrected chi connectivity index (χ3v) is 5.11. The quantitative estimate of drug-likeness (QED) is 0.604. The van der Waals surface area contributed by atoms with E-state index in [9.17, 15) is 0 Å². The summed E-state index contributed by atoms with van der Waals surface area (Å²) in [7, 11) is 0. The average Bonchev–Trinajstić information content (AvgIpc) is 2.43. The smallest absolute Gasteiger partial charge is 0.0438 e. The summed E-state index contributed by atoms with van der Waals surface area (Å²) in [5.41, 5.74) is 0. The standard InChI is InChI=1S/C15H32N2OS/c1-3-8-17-9-5-15(6-10-17)14(2)16-7-13-19-12-4-11-18/h14-16,18H,3-13H2,1-2H3. The van der Waals surface area contributed by atoms with Crippen molar-refractivity contribution in [3.8, 4) is 0 Å². The van der Waals surface area contributed by atoms with Crippen molar-refractivity contribution in [2.45, 2.75) is 45.6 Å². The first-order chi connectivity index (χ1) is 9.27. The largest absolute Gasteiger partial charge is 0.396 e. The molecule has 0 bridgehead atoms. The number of aliphatic hydroxyl groups excluding tert-OH is 1. The molecule has 1 saturated heterocycles. The van der Waals surface area contributed by atoms with Crippen LogP contribution in [0.25, 0.3) is 0 Å². The zero-order valence-electron chi connectivity index (χ0n) is 12.7. The Hall–Kier alpha value is 0.230. The molecule has 114 valence electrons. The first-order valence-electron chi connectivity index (χ1n) is 7.92. The van der Waals surface area contributed by atoms with E-state index in [1.807, 2.05) is 11.8 Å². The summed E-state index contributed by atoms with van der Waals surface area (Å²) in [6, 6.07) is 0.655. The number of hydrogen-bond donors (Lipinski definition) is 2. The molecule has 1 unspecified atom stereocenters. The Morgan fingerprint density at radius 3 is 2.68 bits per heavy atom. The fourth-order valence-corrected chi connectivity index (χ4v) is 3.59. The molecule has 0 aromatic rings. The highest BCUT2D eigenvalue weighted by molar-refractivity contribution is 7.99. The van der Waals surface area contributed by atoms with Crippen LogP contribution in [-0.4, -0.2) is 60.3 Å². The molecule has 1 aliphatic rings. The minimum Gasteiger partial charge on any atom is -0.396 e. The predicted octanol–water partition coefficient (Wildman–Crippen LogP) is 2.20. The molecule has 0 aromatic heterocycles. The van der Waals surface area contributed by atoms with Crippen molar-refractivity contribution >= 4 is 11.8 Å². The van der Waals surface area contributed by atoms with Crippen molar-refractivity contribution in [1.29, 1.82) is 0 Å². The molecule has 1 heterocycles. The zero-order valence-corrected chi connectivity index (χ0v) is 13.6. The Morgan fingerprint density at radius 1 is 1.32 bits per heavy atom. The molecule has 1 rings (SSSR count). The third kappa shape index (κ3) is 7.54. The highest BCUT2D eigenvalue weighted by atomic mass is 32.2. The maximum Gasteiger partial charge on any atom is 0.0438 e. The van der Waals surface area contributed by atoms with Gasteiger partial charge in [-0.25, -0.2) is 0 Å². The molecule has 0 aromatic carbocycles. The predicted molar refractivity (Wildman–Crippen MR) is 85.9 cm³/mol. The molecule has 0 radical (unpaired) electrons. The van der Waals surface area contributed by atoms with Crippen LogP contribution in [0, 0.1) is 5.92 Å². The van der Waals surface area contributed by atoms with Gasteiger partial charge in [-0.1, -0.05) is 6.92 Å². The minimum atomic E-state index is 0.327. The number of likely N-dealkylation sites (tertiary alicyclic amines) is 1. The van der Waals surface area contributed by atoms with Crippen LogP contribution in [0.5, 0.6) is 0 Å². The van der Waals surface area contributed by atoms with E-state index < -0.39 is 0 Å². The molecule has 0 spiro atoms. The van der Waals surface area contributed by atoms with Gasteiger partial charge in [-0.15, -0.1) is 0 Å². The number of nitrogens with zero attached hydrogens (tertiary/aromatic N) is 1. The topological polar surface area (TPSA) is 35.5 Å². The van der Waals surface area contributed by atoms with E-state index >= 15 is 0 Å². The van der Waals surface area contributed by atoms with Crippen LogP contribution >= 0.6 is 11.8 Å². The third-order valence-electron chi connectivity index (χ3n) is 4.04. The minimum absolute atomic E-state index is 0.327. The van der Waals surface area contributed by atoms with Gasteiger partial charge in [-0.3, -0.25) is 0 Å². The summed E-state index contributed by atoms with van der Waals surface area (Å²) in [6.07, 6.45) is 4.91. The number of aliphatic hydroxyl groups is 1. The molecule has 1 fully saturated rings. The van der Waals surface area contributed by atoms with Crippen molar-refractivity contribution in [2.75, 3.05) is 44.3 Å². The Bertz CT molecular complexity index is 208. The molecule has 0 amide bonds. The maximum atomic E-state index is 8.71. The van der Waals surface area contributed by atoms with E-state index in [2.05, 4.69) is 24.1 Å². The molecular weight excluding hydrogens is 256 g/mol. The first-order valence-corrected chi connectivity index (χ1v) is 9.07. The summed E-state index contributed by atoms with van der Waals surface area (Å²) in [6.45, 7) is 9.89. The summed E-state index contributed by atoms with van der Waals surface area (Å²) < 4.78 is 0. The highest BCUT2D eigenvalue weighted by Crippen LogP contribution is 2.20. The molecule has 1 atom stereocenters. The van der Waals surface area contributed by atoms with Crippen molar-refractivity contribution in [2.24, 2.45) is 5.92 Å². The van der Waals surface area contributed by atoms with E-state index in [-0.39, 0.29) is 0 Å².